The van der Waals surface area contributed by atoms with Crippen molar-refractivity contribution in [1.29, 1.82) is 0 Å². The standard InChI is InChI=1S/C20H19N/c1-15-12-13-19(21)18(14-15)20(16-8-4-2-5-9-16)17-10-6-3-7-11-17/h2-14,20H,21H2,1H3. The smallest absolute Gasteiger partial charge is 0.0360 e. The summed E-state index contributed by atoms with van der Waals surface area (Å²) in [4.78, 5) is 0. The van der Waals surface area contributed by atoms with Crippen molar-refractivity contribution in [1.82, 2.24) is 0 Å². The van der Waals surface area contributed by atoms with Gasteiger partial charge in [-0.15, -0.1) is 0 Å². The number of nitrogens with two attached hydrogens (primary N) is 1. The van der Waals surface area contributed by atoms with Gasteiger partial charge in [-0.25, -0.2) is 0 Å². The van der Waals surface area contributed by atoms with Gasteiger partial charge in [-0.2, -0.15) is 0 Å². The van der Waals surface area contributed by atoms with Gasteiger partial charge in [-0.1, -0.05) is 78.4 Å². The molecule has 0 aliphatic rings. The van der Waals surface area contributed by atoms with Gasteiger partial charge in [0.05, 0.1) is 0 Å². The third-order valence-corrected chi connectivity index (χ3v) is 3.82. The van der Waals surface area contributed by atoms with Crippen LogP contribution in [0.1, 0.15) is 28.2 Å². The molecule has 0 heterocycles. The fraction of sp³-hybridized carbons (Fsp3) is 0.100. The van der Waals surface area contributed by atoms with Crippen molar-refractivity contribution in [2.45, 2.75) is 12.8 Å². The first-order valence-corrected chi connectivity index (χ1v) is 7.21. The second kappa shape index (κ2) is 5.84. The van der Waals surface area contributed by atoms with Gasteiger partial charge in [0.25, 0.3) is 0 Å². The van der Waals surface area contributed by atoms with Crippen molar-refractivity contribution < 1.29 is 0 Å². The second-order valence-electron chi connectivity index (χ2n) is 5.39. The van der Waals surface area contributed by atoms with Crippen LogP contribution in [0.3, 0.4) is 0 Å². The van der Waals surface area contributed by atoms with Crippen LogP contribution in [-0.2, 0) is 0 Å². The fourth-order valence-corrected chi connectivity index (χ4v) is 2.79. The van der Waals surface area contributed by atoms with Crippen molar-refractivity contribution in [3.63, 3.8) is 0 Å². The number of rotatable bonds is 3. The molecule has 0 aliphatic heterocycles. The Hall–Kier alpha value is -2.54. The third-order valence-electron chi connectivity index (χ3n) is 3.82. The molecule has 2 N–H and O–H groups in total. The molecule has 0 atom stereocenters. The molecule has 0 saturated heterocycles. The van der Waals surface area contributed by atoms with Gasteiger partial charge in [0.1, 0.15) is 0 Å². The Morgan fingerprint density at radius 2 is 1.24 bits per heavy atom. The Labute approximate surface area is 126 Å². The van der Waals surface area contributed by atoms with Crippen LogP contribution >= 0.6 is 0 Å². The van der Waals surface area contributed by atoms with Crippen LogP contribution in [0.5, 0.6) is 0 Å². The van der Waals surface area contributed by atoms with Crippen molar-refractivity contribution in [3.8, 4) is 0 Å². The van der Waals surface area contributed by atoms with Crippen molar-refractivity contribution in [2.24, 2.45) is 0 Å². The van der Waals surface area contributed by atoms with Gasteiger partial charge in [0.15, 0.2) is 0 Å². The predicted octanol–water partition coefficient (Wildman–Crippen LogP) is 4.76. The van der Waals surface area contributed by atoms with Crippen LogP contribution < -0.4 is 5.73 Å². The van der Waals surface area contributed by atoms with Gasteiger partial charge in [-0.05, 0) is 29.7 Å². The quantitative estimate of drug-likeness (QED) is 0.540. The zero-order chi connectivity index (χ0) is 14.7. The molecule has 1 nitrogen and oxygen atoms in total. The van der Waals surface area contributed by atoms with Gasteiger partial charge in [0.2, 0.25) is 0 Å². The molecular formula is C20H19N. The number of anilines is 1. The lowest BCUT2D eigenvalue weighted by atomic mass is 9.84. The van der Waals surface area contributed by atoms with Crippen molar-refractivity contribution in [2.75, 3.05) is 5.73 Å². The van der Waals surface area contributed by atoms with E-state index in [0.717, 1.165) is 5.69 Å². The minimum atomic E-state index is 0.173. The van der Waals surface area contributed by atoms with Crippen LogP contribution in [0.2, 0.25) is 0 Å². The summed E-state index contributed by atoms with van der Waals surface area (Å²) in [6, 6.07) is 27.3. The number of nitrogen functional groups attached to an aromatic ring is 1. The van der Waals surface area contributed by atoms with E-state index in [2.05, 4.69) is 67.6 Å². The zero-order valence-electron chi connectivity index (χ0n) is 12.2. The average Bonchev–Trinajstić information content (AvgIpc) is 2.53. The first-order chi connectivity index (χ1) is 10.3. The molecule has 3 rings (SSSR count). The van der Waals surface area contributed by atoms with Gasteiger partial charge >= 0.3 is 0 Å². The highest BCUT2D eigenvalue weighted by Gasteiger charge is 2.18. The zero-order valence-corrected chi connectivity index (χ0v) is 12.2. The molecule has 0 bridgehead atoms. The topological polar surface area (TPSA) is 26.0 Å². The van der Waals surface area contributed by atoms with E-state index in [4.69, 9.17) is 5.73 Å². The Kier molecular flexibility index (Phi) is 3.74. The molecule has 0 aromatic heterocycles. The average molecular weight is 273 g/mol. The molecule has 0 spiro atoms. The lowest BCUT2D eigenvalue weighted by Gasteiger charge is -2.21. The van der Waals surface area contributed by atoms with E-state index in [-0.39, 0.29) is 5.92 Å². The summed E-state index contributed by atoms with van der Waals surface area (Å²) in [5, 5.41) is 0. The molecule has 0 radical (unpaired) electrons. The predicted molar refractivity (Wildman–Crippen MR) is 89.4 cm³/mol. The van der Waals surface area contributed by atoms with Gasteiger partial charge in [-0.3, -0.25) is 0 Å². The van der Waals surface area contributed by atoms with E-state index in [1.165, 1.54) is 22.3 Å². The van der Waals surface area contributed by atoms with Gasteiger partial charge < -0.3 is 5.73 Å². The lowest BCUT2D eigenvalue weighted by Crippen LogP contribution is -2.06. The highest BCUT2D eigenvalue weighted by atomic mass is 14.6. The van der Waals surface area contributed by atoms with E-state index >= 15 is 0 Å². The second-order valence-corrected chi connectivity index (χ2v) is 5.39. The normalized spacial score (nSPS) is 10.8. The molecule has 0 saturated carbocycles. The molecular weight excluding hydrogens is 254 g/mol. The van der Waals surface area contributed by atoms with Crippen LogP contribution in [0.15, 0.2) is 78.9 Å². The monoisotopic (exact) mass is 273 g/mol. The number of hydrogen-bond acceptors (Lipinski definition) is 1. The fourth-order valence-electron chi connectivity index (χ4n) is 2.79. The molecule has 3 aromatic rings. The number of benzene rings is 3. The Morgan fingerprint density at radius 1 is 0.714 bits per heavy atom. The Balaban J connectivity index is 2.20. The van der Waals surface area contributed by atoms with E-state index in [0.29, 0.717) is 0 Å². The van der Waals surface area contributed by atoms with Crippen molar-refractivity contribution >= 4 is 5.69 Å². The van der Waals surface area contributed by atoms with E-state index in [1.807, 2.05) is 18.2 Å². The highest BCUT2D eigenvalue weighted by molar-refractivity contribution is 5.57. The van der Waals surface area contributed by atoms with E-state index < -0.39 is 0 Å². The van der Waals surface area contributed by atoms with Crippen molar-refractivity contribution in [3.05, 3.63) is 101 Å². The SMILES string of the molecule is Cc1ccc(N)c(C(c2ccccc2)c2ccccc2)c1. The number of aryl methyl sites for hydroxylation is 1. The summed E-state index contributed by atoms with van der Waals surface area (Å²) in [6.45, 7) is 2.11. The number of hydrogen-bond donors (Lipinski definition) is 1. The molecule has 3 aromatic carbocycles. The van der Waals surface area contributed by atoms with Gasteiger partial charge in [0, 0.05) is 11.6 Å². The molecule has 0 fully saturated rings. The molecule has 21 heavy (non-hydrogen) atoms. The maximum absolute atomic E-state index is 6.27. The Morgan fingerprint density at radius 3 is 1.76 bits per heavy atom. The maximum Gasteiger partial charge on any atom is 0.0360 e. The minimum absolute atomic E-state index is 0.173. The van der Waals surface area contributed by atoms with Crippen LogP contribution in [0.4, 0.5) is 5.69 Å². The molecule has 1 heteroatoms. The lowest BCUT2D eigenvalue weighted by molar-refractivity contribution is 0.978. The minimum Gasteiger partial charge on any atom is -0.398 e. The van der Waals surface area contributed by atoms with Crippen LogP contribution in [0, 0.1) is 6.92 Å². The molecule has 0 aliphatic carbocycles. The van der Waals surface area contributed by atoms with E-state index in [1.54, 1.807) is 0 Å². The maximum atomic E-state index is 6.27. The summed E-state index contributed by atoms with van der Waals surface area (Å²) in [5.74, 6) is 0.173. The third kappa shape index (κ3) is 2.82. The van der Waals surface area contributed by atoms with Crippen LogP contribution in [0.25, 0.3) is 0 Å². The van der Waals surface area contributed by atoms with E-state index in [9.17, 15) is 0 Å². The summed E-state index contributed by atoms with van der Waals surface area (Å²) < 4.78 is 0. The summed E-state index contributed by atoms with van der Waals surface area (Å²) in [7, 11) is 0. The summed E-state index contributed by atoms with van der Waals surface area (Å²) in [6.07, 6.45) is 0. The Bertz CT molecular complexity index is 678. The molecule has 0 amide bonds. The molecule has 104 valence electrons. The summed E-state index contributed by atoms with van der Waals surface area (Å²) >= 11 is 0. The largest absolute Gasteiger partial charge is 0.398 e. The first-order valence-electron chi connectivity index (χ1n) is 7.21. The summed E-state index contributed by atoms with van der Waals surface area (Å²) in [5.41, 5.74) is 12.0. The highest BCUT2D eigenvalue weighted by Crippen LogP contribution is 2.35. The van der Waals surface area contributed by atoms with Crippen LogP contribution in [-0.4, -0.2) is 0 Å². The first kappa shape index (κ1) is 13.4. The molecule has 0 unspecified atom stereocenters.